The molecule has 0 radical (unpaired) electrons. The molecule has 0 bridgehead atoms. The highest BCUT2D eigenvalue weighted by Crippen LogP contribution is 2.30. The Labute approximate surface area is 159 Å². The minimum atomic E-state index is -0.369. The topological polar surface area (TPSA) is 76.8 Å². The molecule has 0 saturated carbocycles. The molecule has 2 aromatic heterocycles. The molecule has 1 aromatic carbocycles. The molecule has 1 aliphatic rings. The van der Waals surface area contributed by atoms with Gasteiger partial charge in [0, 0.05) is 18.7 Å². The summed E-state index contributed by atoms with van der Waals surface area (Å²) < 4.78 is 19.3. The van der Waals surface area contributed by atoms with E-state index in [4.69, 9.17) is 0 Å². The van der Waals surface area contributed by atoms with Crippen LogP contribution in [-0.4, -0.2) is 41.5 Å². The van der Waals surface area contributed by atoms with Crippen LogP contribution in [0.15, 0.2) is 24.3 Å². The normalized spacial score (nSPS) is 15.8. The number of halogens is 1. The van der Waals surface area contributed by atoms with Crippen LogP contribution in [0.2, 0.25) is 0 Å². The summed E-state index contributed by atoms with van der Waals surface area (Å²) in [4.78, 5) is 18.9. The second-order valence-electron chi connectivity index (χ2n) is 6.01. The number of fused-ring (bicyclic) bond motifs is 1. The summed E-state index contributed by atoms with van der Waals surface area (Å²) in [5, 5.41) is 9.18. The fraction of sp³-hybridized carbons (Fsp3) is 0.278. The average Bonchev–Trinajstić information content (AvgIpc) is 3.29. The van der Waals surface area contributed by atoms with Gasteiger partial charge in [-0.1, -0.05) is 5.92 Å². The third-order valence-electron chi connectivity index (χ3n) is 4.39. The van der Waals surface area contributed by atoms with Crippen molar-refractivity contribution in [3.8, 4) is 22.7 Å². The Kier molecular flexibility index (Phi) is 4.41. The smallest absolute Gasteiger partial charge is 0.254 e. The summed E-state index contributed by atoms with van der Waals surface area (Å²) in [6.45, 7) is 4.67. The Morgan fingerprint density at radius 1 is 1.26 bits per heavy atom. The van der Waals surface area contributed by atoms with Crippen molar-refractivity contribution in [2.45, 2.75) is 26.4 Å². The number of hydrogen-bond acceptors (Lipinski definition) is 6. The van der Waals surface area contributed by atoms with E-state index in [0.29, 0.717) is 41.1 Å². The SMILES string of the molecule is CC#Cc1nsc(-c2nnc3n2CCN(C(=O)c2ccc(F)cc2)[C@@H]3C)n1. The maximum absolute atomic E-state index is 13.1. The molecule has 0 unspecified atom stereocenters. The first kappa shape index (κ1) is 17.3. The zero-order chi connectivity index (χ0) is 19.0. The molecule has 3 aromatic rings. The van der Waals surface area contributed by atoms with Crippen molar-refractivity contribution >= 4 is 17.4 Å². The number of benzene rings is 1. The monoisotopic (exact) mass is 382 g/mol. The minimum Gasteiger partial charge on any atom is -0.327 e. The van der Waals surface area contributed by atoms with Crippen LogP contribution in [0, 0.1) is 17.7 Å². The molecular formula is C18H15FN6OS. The molecule has 1 aliphatic heterocycles. The number of hydrogen-bond donors (Lipinski definition) is 0. The summed E-state index contributed by atoms with van der Waals surface area (Å²) in [5.74, 6) is 6.85. The third kappa shape index (κ3) is 3.08. The number of carbonyl (C=O) groups is 1. The van der Waals surface area contributed by atoms with Crippen LogP contribution in [0.1, 0.15) is 41.9 Å². The predicted octanol–water partition coefficient (Wildman–Crippen LogP) is 2.52. The fourth-order valence-electron chi connectivity index (χ4n) is 3.06. The molecule has 136 valence electrons. The zero-order valence-electron chi connectivity index (χ0n) is 14.7. The summed E-state index contributed by atoms with van der Waals surface area (Å²) in [5.41, 5.74) is 0.448. The van der Waals surface area contributed by atoms with Crippen LogP contribution < -0.4 is 0 Å². The maximum Gasteiger partial charge on any atom is 0.254 e. The Morgan fingerprint density at radius 2 is 2.04 bits per heavy atom. The highest BCUT2D eigenvalue weighted by atomic mass is 32.1. The third-order valence-corrected chi connectivity index (χ3v) is 5.10. The van der Waals surface area contributed by atoms with Gasteiger partial charge in [-0.05, 0) is 55.6 Å². The van der Waals surface area contributed by atoms with Crippen molar-refractivity contribution in [2.24, 2.45) is 0 Å². The van der Waals surface area contributed by atoms with Gasteiger partial charge in [0.1, 0.15) is 5.82 Å². The molecule has 27 heavy (non-hydrogen) atoms. The van der Waals surface area contributed by atoms with E-state index < -0.39 is 0 Å². The molecule has 3 heterocycles. The van der Waals surface area contributed by atoms with Gasteiger partial charge in [0.15, 0.2) is 16.7 Å². The number of rotatable bonds is 2. The lowest BCUT2D eigenvalue weighted by Crippen LogP contribution is -2.41. The molecule has 0 aliphatic carbocycles. The van der Waals surface area contributed by atoms with E-state index in [2.05, 4.69) is 31.4 Å². The van der Waals surface area contributed by atoms with Gasteiger partial charge in [0.05, 0.1) is 6.04 Å². The molecule has 0 N–H and O–H groups in total. The van der Waals surface area contributed by atoms with Gasteiger partial charge in [0.2, 0.25) is 5.82 Å². The van der Waals surface area contributed by atoms with Gasteiger partial charge in [-0.25, -0.2) is 9.37 Å². The molecule has 1 amide bonds. The molecule has 9 heteroatoms. The summed E-state index contributed by atoms with van der Waals surface area (Å²) in [6, 6.07) is 5.29. The predicted molar refractivity (Wildman–Crippen MR) is 97.3 cm³/mol. The number of nitrogens with zero attached hydrogens (tertiary/aromatic N) is 6. The summed E-state index contributed by atoms with van der Waals surface area (Å²) in [6.07, 6.45) is 0. The molecule has 7 nitrogen and oxygen atoms in total. The first-order valence-electron chi connectivity index (χ1n) is 8.35. The van der Waals surface area contributed by atoms with Crippen LogP contribution in [0.3, 0.4) is 0 Å². The average molecular weight is 382 g/mol. The van der Waals surface area contributed by atoms with E-state index in [1.165, 1.54) is 35.8 Å². The zero-order valence-corrected chi connectivity index (χ0v) is 15.5. The van der Waals surface area contributed by atoms with E-state index in [1.807, 2.05) is 11.5 Å². The summed E-state index contributed by atoms with van der Waals surface area (Å²) >= 11 is 1.22. The van der Waals surface area contributed by atoms with E-state index in [-0.39, 0.29) is 17.8 Å². The van der Waals surface area contributed by atoms with E-state index in [0.717, 1.165) is 0 Å². The van der Waals surface area contributed by atoms with Gasteiger partial charge in [0.25, 0.3) is 5.91 Å². The van der Waals surface area contributed by atoms with Crippen molar-refractivity contribution in [3.05, 3.63) is 47.3 Å². The van der Waals surface area contributed by atoms with Gasteiger partial charge < -0.3 is 9.47 Å². The standard InChI is InChI=1S/C18H15FN6OS/c1-3-4-14-20-17(27-23-14)16-22-21-15-11(2)24(9-10-25(15)16)18(26)12-5-7-13(19)8-6-12/h5-8,11H,9-10H2,1-2H3/t11-/m1/s1. The maximum atomic E-state index is 13.1. The van der Waals surface area contributed by atoms with Crippen molar-refractivity contribution in [1.82, 2.24) is 29.0 Å². The second-order valence-corrected chi connectivity index (χ2v) is 6.76. The molecule has 0 spiro atoms. The van der Waals surface area contributed by atoms with Gasteiger partial charge in [-0.2, -0.15) is 4.37 Å². The van der Waals surface area contributed by atoms with Crippen molar-refractivity contribution in [2.75, 3.05) is 6.54 Å². The van der Waals surface area contributed by atoms with Crippen LogP contribution in [0.4, 0.5) is 4.39 Å². The van der Waals surface area contributed by atoms with Gasteiger partial charge in [-0.3, -0.25) is 4.79 Å². The molecule has 0 fully saturated rings. The van der Waals surface area contributed by atoms with Crippen molar-refractivity contribution < 1.29 is 9.18 Å². The molecule has 4 rings (SSSR count). The first-order valence-corrected chi connectivity index (χ1v) is 9.12. The van der Waals surface area contributed by atoms with Gasteiger partial charge >= 0.3 is 0 Å². The van der Waals surface area contributed by atoms with Crippen molar-refractivity contribution in [1.29, 1.82) is 0 Å². The number of amides is 1. The van der Waals surface area contributed by atoms with E-state index >= 15 is 0 Å². The van der Waals surface area contributed by atoms with E-state index in [9.17, 15) is 9.18 Å². The Balaban J connectivity index is 1.62. The highest BCUT2D eigenvalue weighted by Gasteiger charge is 2.32. The summed E-state index contributed by atoms with van der Waals surface area (Å²) in [7, 11) is 0. The molecule has 1 atom stereocenters. The highest BCUT2D eigenvalue weighted by molar-refractivity contribution is 7.09. The lowest BCUT2D eigenvalue weighted by Gasteiger charge is -2.33. The van der Waals surface area contributed by atoms with Crippen LogP contribution >= 0.6 is 11.5 Å². The Morgan fingerprint density at radius 3 is 2.78 bits per heavy atom. The lowest BCUT2D eigenvalue weighted by atomic mass is 10.1. The Bertz CT molecular complexity index is 1060. The minimum absolute atomic E-state index is 0.158. The first-order chi connectivity index (χ1) is 13.1. The van der Waals surface area contributed by atoms with Crippen LogP contribution in [0.5, 0.6) is 0 Å². The molecular weight excluding hydrogens is 367 g/mol. The number of carbonyl (C=O) groups excluding carboxylic acids is 1. The van der Waals surface area contributed by atoms with E-state index in [1.54, 1.807) is 11.8 Å². The quantitative estimate of drug-likeness (QED) is 0.637. The van der Waals surface area contributed by atoms with Crippen LogP contribution in [-0.2, 0) is 6.54 Å². The largest absolute Gasteiger partial charge is 0.327 e. The van der Waals surface area contributed by atoms with Gasteiger partial charge in [-0.15, -0.1) is 10.2 Å². The lowest BCUT2D eigenvalue weighted by molar-refractivity contribution is 0.0638. The second kappa shape index (κ2) is 6.89. The number of aromatic nitrogens is 5. The molecule has 0 saturated heterocycles. The fourth-order valence-corrected chi connectivity index (χ4v) is 3.68. The Hall–Kier alpha value is -3.12. The van der Waals surface area contributed by atoms with Crippen LogP contribution in [0.25, 0.3) is 10.8 Å². The van der Waals surface area contributed by atoms with Crippen molar-refractivity contribution in [3.63, 3.8) is 0 Å².